The van der Waals surface area contributed by atoms with E-state index in [9.17, 15) is 9.59 Å². The number of hydrogen-bond acceptors (Lipinski definition) is 6. The summed E-state index contributed by atoms with van der Waals surface area (Å²) in [7, 11) is 1.32. The van der Waals surface area contributed by atoms with E-state index in [1.54, 1.807) is 5.38 Å². The average molecular weight is 306 g/mol. The number of hydrogen-bond donors (Lipinski definition) is 2. The quantitative estimate of drug-likeness (QED) is 0.792. The number of thiazole rings is 1. The van der Waals surface area contributed by atoms with E-state index >= 15 is 0 Å². The van der Waals surface area contributed by atoms with Crippen LogP contribution < -0.4 is 5.32 Å². The van der Waals surface area contributed by atoms with Crippen LogP contribution in [0, 0.1) is 0 Å². The van der Waals surface area contributed by atoms with Gasteiger partial charge in [-0.05, 0) is 5.56 Å². The minimum Gasteiger partial charge on any atom is -0.476 e. The van der Waals surface area contributed by atoms with Crippen molar-refractivity contribution in [2.24, 2.45) is 0 Å². The second kappa shape index (κ2) is 6.96. The molecule has 0 bridgehead atoms. The molecule has 0 fully saturated rings. The van der Waals surface area contributed by atoms with Crippen molar-refractivity contribution in [3.63, 3.8) is 0 Å². The van der Waals surface area contributed by atoms with Gasteiger partial charge in [-0.15, -0.1) is 11.3 Å². The highest BCUT2D eigenvalue weighted by Crippen LogP contribution is 2.16. The third kappa shape index (κ3) is 3.87. The highest BCUT2D eigenvalue weighted by atomic mass is 32.1. The molecule has 0 aliphatic heterocycles. The zero-order chi connectivity index (χ0) is 15.2. The molecule has 1 unspecified atom stereocenters. The number of aromatic nitrogens is 1. The first-order chi connectivity index (χ1) is 10.1. The number of nitrogens with one attached hydrogen (secondary N) is 1. The Labute approximate surface area is 125 Å². The highest BCUT2D eigenvalue weighted by molar-refractivity contribution is 7.11. The van der Waals surface area contributed by atoms with E-state index in [0.717, 1.165) is 16.9 Å². The Hall–Kier alpha value is -2.25. The third-order valence-corrected chi connectivity index (χ3v) is 3.67. The Morgan fingerprint density at radius 1 is 1.38 bits per heavy atom. The van der Waals surface area contributed by atoms with Crippen molar-refractivity contribution in [2.45, 2.75) is 12.6 Å². The van der Waals surface area contributed by atoms with Crippen LogP contribution in [0.2, 0.25) is 0 Å². The van der Waals surface area contributed by atoms with E-state index in [0.29, 0.717) is 5.69 Å². The van der Waals surface area contributed by atoms with Gasteiger partial charge >= 0.3 is 11.9 Å². The zero-order valence-corrected chi connectivity index (χ0v) is 12.1. The fourth-order valence-corrected chi connectivity index (χ4v) is 2.45. The van der Waals surface area contributed by atoms with Gasteiger partial charge < -0.3 is 9.84 Å². The lowest BCUT2D eigenvalue weighted by atomic mass is 10.1. The standard InChI is InChI=1S/C14H14N2O4S/c1-20-14(19)11(9-5-3-2-4-6-9)15-7-10-8-21-12(16-10)13(17)18/h2-6,8,11,15H,7H2,1H3,(H,17,18). The number of aromatic carboxylic acids is 1. The summed E-state index contributed by atoms with van der Waals surface area (Å²) in [5.74, 6) is -1.46. The summed E-state index contributed by atoms with van der Waals surface area (Å²) in [5, 5.41) is 13.5. The summed E-state index contributed by atoms with van der Waals surface area (Å²) in [5.41, 5.74) is 1.35. The molecule has 0 aliphatic rings. The van der Waals surface area contributed by atoms with Crippen molar-refractivity contribution in [3.05, 3.63) is 52.0 Å². The topological polar surface area (TPSA) is 88.5 Å². The summed E-state index contributed by atoms with van der Waals surface area (Å²) in [6.07, 6.45) is 0. The van der Waals surface area contributed by atoms with E-state index in [4.69, 9.17) is 9.84 Å². The minimum atomic E-state index is -1.06. The molecule has 21 heavy (non-hydrogen) atoms. The molecule has 0 radical (unpaired) electrons. The van der Waals surface area contributed by atoms with Crippen LogP contribution in [0.1, 0.15) is 27.1 Å². The fourth-order valence-electron chi connectivity index (χ4n) is 1.79. The van der Waals surface area contributed by atoms with Crippen LogP contribution in [0.5, 0.6) is 0 Å². The van der Waals surface area contributed by atoms with Crippen molar-refractivity contribution in [3.8, 4) is 0 Å². The van der Waals surface area contributed by atoms with E-state index in [1.165, 1.54) is 7.11 Å². The van der Waals surface area contributed by atoms with Crippen molar-refractivity contribution in [1.82, 2.24) is 10.3 Å². The zero-order valence-electron chi connectivity index (χ0n) is 11.3. The first-order valence-electron chi connectivity index (χ1n) is 6.15. The van der Waals surface area contributed by atoms with Crippen LogP contribution in [-0.4, -0.2) is 29.1 Å². The van der Waals surface area contributed by atoms with Crippen molar-refractivity contribution >= 4 is 23.3 Å². The van der Waals surface area contributed by atoms with E-state index in [1.807, 2.05) is 30.3 Å². The lowest BCUT2D eigenvalue weighted by molar-refractivity contribution is -0.143. The largest absolute Gasteiger partial charge is 0.476 e. The third-order valence-electron chi connectivity index (χ3n) is 2.79. The maximum absolute atomic E-state index is 11.9. The maximum Gasteiger partial charge on any atom is 0.365 e. The van der Waals surface area contributed by atoms with Gasteiger partial charge in [-0.25, -0.2) is 14.6 Å². The van der Waals surface area contributed by atoms with Gasteiger partial charge in [0.15, 0.2) is 0 Å². The second-order valence-corrected chi connectivity index (χ2v) is 5.06. The lowest BCUT2D eigenvalue weighted by Crippen LogP contribution is -2.29. The number of carboxylic acid groups (broad SMARTS) is 1. The number of ether oxygens (including phenoxy) is 1. The molecule has 2 aromatic rings. The molecule has 0 amide bonds. The number of methoxy groups -OCH3 is 1. The predicted octanol–water partition coefficient (Wildman–Crippen LogP) is 1.85. The molecule has 0 saturated carbocycles. The Morgan fingerprint density at radius 2 is 2.10 bits per heavy atom. The highest BCUT2D eigenvalue weighted by Gasteiger charge is 2.21. The van der Waals surface area contributed by atoms with Crippen LogP contribution in [-0.2, 0) is 16.1 Å². The second-order valence-electron chi connectivity index (χ2n) is 4.20. The summed E-state index contributed by atoms with van der Waals surface area (Å²) >= 11 is 1.05. The molecule has 1 aromatic heterocycles. The average Bonchev–Trinajstić information content (AvgIpc) is 2.97. The lowest BCUT2D eigenvalue weighted by Gasteiger charge is -2.16. The van der Waals surface area contributed by atoms with E-state index < -0.39 is 18.0 Å². The molecule has 2 N–H and O–H groups in total. The normalized spacial score (nSPS) is 11.9. The number of benzene rings is 1. The molecule has 1 heterocycles. The molecular formula is C14H14N2O4S. The number of esters is 1. The molecule has 1 aromatic carbocycles. The SMILES string of the molecule is COC(=O)C(NCc1csc(C(=O)O)n1)c1ccccc1. The number of rotatable bonds is 6. The first kappa shape index (κ1) is 15.1. The van der Waals surface area contributed by atoms with Gasteiger partial charge in [0.1, 0.15) is 6.04 Å². The van der Waals surface area contributed by atoms with Crippen molar-refractivity contribution in [1.29, 1.82) is 0 Å². The molecule has 110 valence electrons. The molecule has 0 spiro atoms. The fraction of sp³-hybridized carbons (Fsp3) is 0.214. The van der Waals surface area contributed by atoms with Crippen LogP contribution in [0.3, 0.4) is 0 Å². The van der Waals surface area contributed by atoms with Gasteiger partial charge in [0.05, 0.1) is 12.8 Å². The first-order valence-corrected chi connectivity index (χ1v) is 7.03. The summed E-state index contributed by atoms with van der Waals surface area (Å²) in [6, 6.07) is 8.54. The molecule has 0 saturated heterocycles. The maximum atomic E-state index is 11.9. The van der Waals surface area contributed by atoms with Gasteiger partial charge in [0.25, 0.3) is 0 Å². The Bertz CT molecular complexity index is 627. The van der Waals surface area contributed by atoms with Gasteiger partial charge in [-0.1, -0.05) is 30.3 Å². The monoisotopic (exact) mass is 306 g/mol. The number of carbonyl (C=O) groups is 2. The molecule has 0 aliphatic carbocycles. The Balaban J connectivity index is 2.09. The molecule has 2 rings (SSSR count). The van der Waals surface area contributed by atoms with Crippen LogP contribution >= 0.6 is 11.3 Å². The minimum absolute atomic E-state index is 0.0288. The van der Waals surface area contributed by atoms with Gasteiger partial charge in [0.2, 0.25) is 5.01 Å². The summed E-state index contributed by atoms with van der Waals surface area (Å²) in [4.78, 5) is 26.6. The predicted molar refractivity (Wildman–Crippen MR) is 77.1 cm³/mol. The van der Waals surface area contributed by atoms with Crippen LogP contribution in [0.4, 0.5) is 0 Å². The Morgan fingerprint density at radius 3 is 2.67 bits per heavy atom. The van der Waals surface area contributed by atoms with Gasteiger partial charge in [-0.2, -0.15) is 0 Å². The number of nitrogens with zero attached hydrogens (tertiary/aromatic N) is 1. The smallest absolute Gasteiger partial charge is 0.365 e. The number of carbonyl (C=O) groups excluding carboxylic acids is 1. The molecule has 6 nitrogen and oxygen atoms in total. The van der Waals surface area contributed by atoms with E-state index in [2.05, 4.69) is 10.3 Å². The van der Waals surface area contributed by atoms with Crippen molar-refractivity contribution < 1.29 is 19.4 Å². The summed E-state index contributed by atoms with van der Waals surface area (Å²) < 4.78 is 4.79. The van der Waals surface area contributed by atoms with Gasteiger partial charge in [0, 0.05) is 11.9 Å². The van der Waals surface area contributed by atoms with Crippen LogP contribution in [0.25, 0.3) is 0 Å². The molecule has 7 heteroatoms. The number of carboxylic acids is 1. The van der Waals surface area contributed by atoms with Crippen LogP contribution in [0.15, 0.2) is 35.7 Å². The Kier molecular flexibility index (Phi) is 5.02. The van der Waals surface area contributed by atoms with E-state index in [-0.39, 0.29) is 11.6 Å². The molecule has 1 atom stereocenters. The summed E-state index contributed by atoms with van der Waals surface area (Å²) in [6.45, 7) is 0.276. The van der Waals surface area contributed by atoms with Gasteiger partial charge in [-0.3, -0.25) is 5.32 Å². The van der Waals surface area contributed by atoms with Crippen molar-refractivity contribution in [2.75, 3.05) is 7.11 Å². The molecular weight excluding hydrogens is 292 g/mol.